The van der Waals surface area contributed by atoms with Gasteiger partial charge in [-0.2, -0.15) is 5.10 Å². The van der Waals surface area contributed by atoms with Crippen molar-refractivity contribution in [2.45, 2.75) is 59.4 Å². The molecule has 1 aliphatic heterocycles. The second-order valence-corrected chi connectivity index (χ2v) is 6.51. The van der Waals surface area contributed by atoms with Crippen LogP contribution in [0.4, 0.5) is 0 Å². The van der Waals surface area contributed by atoms with Crippen LogP contribution >= 0.6 is 0 Å². The maximum absolute atomic E-state index is 4.37. The largest absolute Gasteiger partial charge is 0.242 e. The van der Waals surface area contributed by atoms with Gasteiger partial charge < -0.3 is 0 Å². The van der Waals surface area contributed by atoms with Crippen LogP contribution in [0.15, 0.2) is 5.10 Å². The summed E-state index contributed by atoms with van der Waals surface area (Å²) in [6.45, 7) is 9.29. The van der Waals surface area contributed by atoms with Gasteiger partial charge in [-0.25, -0.2) is 11.0 Å². The van der Waals surface area contributed by atoms with Gasteiger partial charge in [0.15, 0.2) is 0 Å². The minimum absolute atomic E-state index is 0.408. The molecule has 0 aromatic heterocycles. The van der Waals surface area contributed by atoms with Crippen molar-refractivity contribution in [3.8, 4) is 0 Å². The number of nitrogens with one attached hydrogen (secondary N) is 2. The molecule has 1 saturated carbocycles. The third-order valence-electron chi connectivity index (χ3n) is 4.30. The lowest BCUT2D eigenvalue weighted by molar-refractivity contribution is 0.328. The van der Waals surface area contributed by atoms with Crippen molar-refractivity contribution in [2.75, 3.05) is 0 Å². The Balaban J connectivity index is 1.93. The summed E-state index contributed by atoms with van der Waals surface area (Å²) in [7, 11) is 0. The van der Waals surface area contributed by atoms with E-state index in [1.165, 1.54) is 31.4 Å². The molecule has 0 spiro atoms. The van der Waals surface area contributed by atoms with Gasteiger partial charge in [0.2, 0.25) is 0 Å². The lowest BCUT2D eigenvalue weighted by atomic mass is 9.84. The third kappa shape index (κ3) is 3.21. The maximum atomic E-state index is 4.37. The van der Waals surface area contributed by atoms with E-state index in [0.29, 0.717) is 6.04 Å². The number of hydrogen-bond donors (Lipinski definition) is 2. The van der Waals surface area contributed by atoms with Crippen LogP contribution in [-0.2, 0) is 0 Å². The molecule has 0 amide bonds. The van der Waals surface area contributed by atoms with Gasteiger partial charge in [0.05, 0.1) is 11.8 Å². The predicted octanol–water partition coefficient (Wildman–Crippen LogP) is 2.94. The van der Waals surface area contributed by atoms with Gasteiger partial charge >= 0.3 is 0 Å². The van der Waals surface area contributed by atoms with Crippen LogP contribution < -0.4 is 11.0 Å². The van der Waals surface area contributed by atoms with E-state index in [4.69, 9.17) is 0 Å². The van der Waals surface area contributed by atoms with Crippen LogP contribution in [0.5, 0.6) is 0 Å². The molecular weight excluding hydrogens is 210 g/mol. The van der Waals surface area contributed by atoms with E-state index in [2.05, 4.69) is 43.8 Å². The van der Waals surface area contributed by atoms with Crippen molar-refractivity contribution in [3.63, 3.8) is 0 Å². The SMILES string of the molecule is CC(C)CC1CC(C)CC1CC1=NNNC1C. The minimum Gasteiger partial charge on any atom is -0.242 e. The zero-order chi connectivity index (χ0) is 12.4. The first-order valence-electron chi connectivity index (χ1n) is 7.13. The Hall–Kier alpha value is -0.570. The quantitative estimate of drug-likeness (QED) is 0.788. The maximum Gasteiger partial charge on any atom is 0.0648 e. The third-order valence-corrected chi connectivity index (χ3v) is 4.30. The van der Waals surface area contributed by atoms with E-state index in [1.54, 1.807) is 0 Å². The van der Waals surface area contributed by atoms with Crippen LogP contribution in [0, 0.1) is 23.7 Å². The highest BCUT2D eigenvalue weighted by Gasteiger charge is 2.34. The highest BCUT2D eigenvalue weighted by Crippen LogP contribution is 2.41. The fourth-order valence-corrected chi connectivity index (χ4v) is 3.53. The highest BCUT2D eigenvalue weighted by atomic mass is 15.6. The molecule has 0 radical (unpaired) electrons. The van der Waals surface area contributed by atoms with Crippen molar-refractivity contribution in [2.24, 2.45) is 28.8 Å². The average molecular weight is 237 g/mol. The van der Waals surface area contributed by atoms with Crippen LogP contribution in [0.1, 0.15) is 53.4 Å². The fraction of sp³-hybridized carbons (Fsp3) is 0.929. The summed E-state index contributed by atoms with van der Waals surface area (Å²) in [5, 5.41) is 4.37. The molecule has 0 aromatic rings. The zero-order valence-corrected chi connectivity index (χ0v) is 11.7. The molecule has 1 fully saturated rings. The molecule has 4 unspecified atom stereocenters. The molecule has 2 aliphatic rings. The standard InChI is InChI=1S/C14H27N3/c1-9(2)5-12-6-10(3)7-13(12)8-14-11(4)15-17-16-14/h9-13,15,17H,5-8H2,1-4H3. The molecular formula is C14H27N3. The first-order valence-corrected chi connectivity index (χ1v) is 7.13. The van der Waals surface area contributed by atoms with Gasteiger partial charge in [0.25, 0.3) is 0 Å². The molecule has 4 atom stereocenters. The molecule has 1 heterocycles. The summed E-state index contributed by atoms with van der Waals surface area (Å²) in [6.07, 6.45) is 5.38. The van der Waals surface area contributed by atoms with Crippen molar-refractivity contribution in [1.82, 2.24) is 11.0 Å². The summed E-state index contributed by atoms with van der Waals surface area (Å²) in [6, 6.07) is 0.408. The van der Waals surface area contributed by atoms with E-state index < -0.39 is 0 Å². The summed E-state index contributed by atoms with van der Waals surface area (Å²) >= 11 is 0. The van der Waals surface area contributed by atoms with Crippen molar-refractivity contribution >= 4 is 5.71 Å². The van der Waals surface area contributed by atoms with Crippen molar-refractivity contribution in [3.05, 3.63) is 0 Å². The second-order valence-electron chi connectivity index (χ2n) is 6.51. The van der Waals surface area contributed by atoms with Crippen LogP contribution in [0.2, 0.25) is 0 Å². The Labute approximate surface area is 105 Å². The number of nitrogens with zero attached hydrogens (tertiary/aromatic N) is 1. The molecule has 2 N–H and O–H groups in total. The van der Waals surface area contributed by atoms with E-state index in [9.17, 15) is 0 Å². The van der Waals surface area contributed by atoms with Gasteiger partial charge in [0, 0.05) is 0 Å². The first kappa shape index (κ1) is 12.9. The lowest BCUT2D eigenvalue weighted by Crippen LogP contribution is -2.32. The molecule has 0 bridgehead atoms. The molecule has 17 heavy (non-hydrogen) atoms. The second kappa shape index (κ2) is 5.38. The molecule has 3 nitrogen and oxygen atoms in total. The Morgan fingerprint density at radius 1 is 1.24 bits per heavy atom. The van der Waals surface area contributed by atoms with Crippen LogP contribution in [-0.4, -0.2) is 11.8 Å². The Morgan fingerprint density at radius 2 is 1.94 bits per heavy atom. The monoisotopic (exact) mass is 237 g/mol. The average Bonchev–Trinajstić information content (AvgIpc) is 2.75. The van der Waals surface area contributed by atoms with E-state index in [0.717, 1.165) is 23.7 Å². The minimum atomic E-state index is 0.408. The summed E-state index contributed by atoms with van der Waals surface area (Å²) in [5.41, 5.74) is 7.37. The highest BCUT2D eigenvalue weighted by molar-refractivity contribution is 5.90. The summed E-state index contributed by atoms with van der Waals surface area (Å²) in [5.74, 6) is 3.50. The summed E-state index contributed by atoms with van der Waals surface area (Å²) < 4.78 is 0. The van der Waals surface area contributed by atoms with Crippen molar-refractivity contribution in [1.29, 1.82) is 0 Å². The van der Waals surface area contributed by atoms with Gasteiger partial charge in [0.1, 0.15) is 0 Å². The van der Waals surface area contributed by atoms with Gasteiger partial charge in [-0.15, -0.1) is 0 Å². The van der Waals surface area contributed by atoms with E-state index in [-0.39, 0.29) is 0 Å². The molecule has 1 aliphatic carbocycles. The summed E-state index contributed by atoms with van der Waals surface area (Å²) in [4.78, 5) is 0. The van der Waals surface area contributed by atoms with Crippen LogP contribution in [0.3, 0.4) is 0 Å². The molecule has 98 valence electrons. The first-order chi connectivity index (χ1) is 8.06. The Morgan fingerprint density at radius 3 is 2.53 bits per heavy atom. The van der Waals surface area contributed by atoms with Gasteiger partial charge in [-0.05, 0) is 56.3 Å². The molecule has 0 aromatic carbocycles. The fourth-order valence-electron chi connectivity index (χ4n) is 3.53. The van der Waals surface area contributed by atoms with E-state index >= 15 is 0 Å². The number of rotatable bonds is 4. The topological polar surface area (TPSA) is 36.4 Å². The smallest absolute Gasteiger partial charge is 0.0648 e. The predicted molar refractivity (Wildman–Crippen MR) is 72.6 cm³/mol. The normalized spacial score (nSPS) is 37.4. The van der Waals surface area contributed by atoms with Crippen molar-refractivity contribution < 1.29 is 0 Å². The molecule has 2 rings (SSSR count). The Kier molecular flexibility index (Phi) is 4.08. The molecule has 0 saturated heterocycles. The van der Waals surface area contributed by atoms with Gasteiger partial charge in [-0.3, -0.25) is 0 Å². The number of hydrazine groups is 1. The number of hydrogen-bond acceptors (Lipinski definition) is 3. The van der Waals surface area contributed by atoms with Gasteiger partial charge in [-0.1, -0.05) is 20.8 Å². The Bertz CT molecular complexity index is 285. The lowest BCUT2D eigenvalue weighted by Gasteiger charge is -2.21. The van der Waals surface area contributed by atoms with E-state index in [1.807, 2.05) is 0 Å². The number of hydrazone groups is 1. The molecule has 3 heteroatoms. The zero-order valence-electron chi connectivity index (χ0n) is 11.7. The van der Waals surface area contributed by atoms with Crippen LogP contribution in [0.25, 0.3) is 0 Å².